The van der Waals surface area contributed by atoms with Gasteiger partial charge in [0, 0.05) is 26.3 Å². The zero-order chi connectivity index (χ0) is 14.4. The molecule has 2 aromatic heterocycles. The summed E-state index contributed by atoms with van der Waals surface area (Å²) < 4.78 is 0. The third-order valence-electron chi connectivity index (χ3n) is 3.11. The van der Waals surface area contributed by atoms with E-state index < -0.39 is 0 Å². The van der Waals surface area contributed by atoms with Crippen LogP contribution >= 0.6 is 11.6 Å². The molecule has 0 aliphatic heterocycles. The van der Waals surface area contributed by atoms with E-state index in [1.165, 1.54) is 0 Å². The number of hydrogen-bond acceptors (Lipinski definition) is 4. The third kappa shape index (κ3) is 3.92. The summed E-state index contributed by atoms with van der Waals surface area (Å²) in [6, 6.07) is 9.71. The lowest BCUT2D eigenvalue weighted by atomic mass is 10.3. The molecule has 0 saturated heterocycles. The quantitative estimate of drug-likeness (QED) is 0.887. The van der Waals surface area contributed by atoms with E-state index in [0.29, 0.717) is 11.6 Å². The smallest absolute Gasteiger partial charge is 0.126 e. The van der Waals surface area contributed by atoms with Gasteiger partial charge < -0.3 is 5.32 Å². The largest absolute Gasteiger partial charge is 0.373 e. The average Bonchev–Trinajstić information content (AvgIpc) is 2.49. The topological polar surface area (TPSA) is 41.1 Å². The van der Waals surface area contributed by atoms with Crippen molar-refractivity contribution in [3.8, 4) is 0 Å². The van der Waals surface area contributed by atoms with Crippen molar-refractivity contribution in [1.29, 1.82) is 0 Å². The molecule has 0 fully saturated rings. The second-order valence-corrected chi connectivity index (χ2v) is 4.91. The Hall–Kier alpha value is -1.65. The molecule has 2 aromatic rings. The van der Waals surface area contributed by atoms with Crippen molar-refractivity contribution in [2.45, 2.75) is 20.0 Å². The first-order valence-corrected chi connectivity index (χ1v) is 7.06. The standard InChI is InChI=1S/C15H19ClN4/c1-3-20(10-12-6-4-5-9-18-12)11-14-13(16)7-8-15(17-2)19-14/h4-9H,3,10-11H2,1-2H3,(H,17,19). The number of halogens is 1. The molecule has 0 saturated carbocycles. The number of anilines is 1. The minimum absolute atomic E-state index is 0.698. The van der Waals surface area contributed by atoms with E-state index in [4.69, 9.17) is 11.6 Å². The first kappa shape index (κ1) is 14.8. The van der Waals surface area contributed by atoms with Gasteiger partial charge in [-0.25, -0.2) is 4.98 Å². The molecule has 20 heavy (non-hydrogen) atoms. The summed E-state index contributed by atoms with van der Waals surface area (Å²) >= 11 is 6.22. The van der Waals surface area contributed by atoms with Gasteiger partial charge in [0.25, 0.3) is 0 Å². The van der Waals surface area contributed by atoms with Crippen LogP contribution in [-0.2, 0) is 13.1 Å². The van der Waals surface area contributed by atoms with Crippen molar-refractivity contribution in [2.24, 2.45) is 0 Å². The predicted octanol–water partition coefficient (Wildman–Crippen LogP) is 3.19. The highest BCUT2D eigenvalue weighted by atomic mass is 35.5. The average molecular weight is 291 g/mol. The Kier molecular flexibility index (Phi) is 5.32. The number of rotatable bonds is 6. The van der Waals surface area contributed by atoms with Crippen molar-refractivity contribution in [3.05, 3.63) is 52.9 Å². The van der Waals surface area contributed by atoms with Crippen LogP contribution in [0.5, 0.6) is 0 Å². The molecule has 1 N–H and O–H groups in total. The molecule has 0 bridgehead atoms. The molecular formula is C15H19ClN4. The minimum atomic E-state index is 0.698. The molecule has 0 aliphatic rings. The maximum absolute atomic E-state index is 6.22. The molecule has 2 rings (SSSR count). The van der Waals surface area contributed by atoms with Crippen LogP contribution in [0.4, 0.5) is 5.82 Å². The number of hydrogen-bond donors (Lipinski definition) is 1. The van der Waals surface area contributed by atoms with Gasteiger partial charge in [-0.3, -0.25) is 9.88 Å². The molecule has 0 unspecified atom stereocenters. The van der Waals surface area contributed by atoms with Gasteiger partial charge in [0.15, 0.2) is 0 Å². The molecule has 2 heterocycles. The highest BCUT2D eigenvalue weighted by molar-refractivity contribution is 6.31. The monoisotopic (exact) mass is 290 g/mol. The Bertz CT molecular complexity index is 545. The van der Waals surface area contributed by atoms with Crippen molar-refractivity contribution in [1.82, 2.24) is 14.9 Å². The van der Waals surface area contributed by atoms with E-state index in [9.17, 15) is 0 Å². The van der Waals surface area contributed by atoms with Gasteiger partial charge in [-0.2, -0.15) is 0 Å². The zero-order valence-corrected chi connectivity index (χ0v) is 12.6. The van der Waals surface area contributed by atoms with Crippen LogP contribution in [0.25, 0.3) is 0 Å². The highest BCUT2D eigenvalue weighted by Crippen LogP contribution is 2.18. The van der Waals surface area contributed by atoms with Gasteiger partial charge >= 0.3 is 0 Å². The first-order valence-electron chi connectivity index (χ1n) is 6.68. The summed E-state index contributed by atoms with van der Waals surface area (Å²) in [4.78, 5) is 11.1. The minimum Gasteiger partial charge on any atom is -0.373 e. The summed E-state index contributed by atoms with van der Waals surface area (Å²) in [7, 11) is 1.85. The first-order chi connectivity index (χ1) is 9.72. The lowest BCUT2D eigenvalue weighted by Crippen LogP contribution is -2.23. The highest BCUT2D eigenvalue weighted by Gasteiger charge is 2.10. The van der Waals surface area contributed by atoms with Crippen molar-refractivity contribution in [2.75, 3.05) is 18.9 Å². The molecule has 5 heteroatoms. The normalized spacial score (nSPS) is 10.8. The lowest BCUT2D eigenvalue weighted by molar-refractivity contribution is 0.265. The lowest BCUT2D eigenvalue weighted by Gasteiger charge is -2.20. The van der Waals surface area contributed by atoms with E-state index in [2.05, 4.69) is 27.1 Å². The number of pyridine rings is 2. The summed E-state index contributed by atoms with van der Waals surface area (Å²) in [6.07, 6.45) is 1.82. The Balaban J connectivity index is 2.10. The van der Waals surface area contributed by atoms with Crippen LogP contribution in [0.2, 0.25) is 5.02 Å². The molecular weight excluding hydrogens is 272 g/mol. The fourth-order valence-corrected chi connectivity index (χ4v) is 2.11. The van der Waals surface area contributed by atoms with E-state index in [0.717, 1.165) is 30.3 Å². The molecule has 0 atom stereocenters. The van der Waals surface area contributed by atoms with Crippen LogP contribution in [0.15, 0.2) is 36.5 Å². The Morgan fingerprint density at radius 1 is 1.20 bits per heavy atom. The van der Waals surface area contributed by atoms with Gasteiger partial charge in [0.2, 0.25) is 0 Å². The number of nitrogens with one attached hydrogen (secondary N) is 1. The molecule has 0 amide bonds. The summed E-state index contributed by atoms with van der Waals surface area (Å²) in [6.45, 7) is 4.54. The molecule has 4 nitrogen and oxygen atoms in total. The summed E-state index contributed by atoms with van der Waals surface area (Å²) in [5.74, 6) is 0.832. The van der Waals surface area contributed by atoms with Gasteiger partial charge in [0.1, 0.15) is 5.82 Å². The fraction of sp³-hybridized carbons (Fsp3) is 0.333. The van der Waals surface area contributed by atoms with Gasteiger partial charge in [0.05, 0.1) is 16.4 Å². The molecule has 0 radical (unpaired) electrons. The van der Waals surface area contributed by atoms with Crippen LogP contribution in [0.1, 0.15) is 18.3 Å². The van der Waals surface area contributed by atoms with E-state index in [1.54, 1.807) is 0 Å². The molecule has 0 aliphatic carbocycles. The maximum Gasteiger partial charge on any atom is 0.126 e. The van der Waals surface area contributed by atoms with Crippen molar-refractivity contribution in [3.63, 3.8) is 0 Å². The molecule has 0 aromatic carbocycles. The summed E-state index contributed by atoms with van der Waals surface area (Å²) in [5.41, 5.74) is 1.94. The maximum atomic E-state index is 6.22. The van der Waals surface area contributed by atoms with Crippen LogP contribution in [0, 0.1) is 0 Å². The predicted molar refractivity (Wildman–Crippen MR) is 82.8 cm³/mol. The van der Waals surface area contributed by atoms with Crippen LogP contribution in [0.3, 0.4) is 0 Å². The van der Waals surface area contributed by atoms with Crippen molar-refractivity contribution < 1.29 is 0 Å². The van der Waals surface area contributed by atoms with Gasteiger partial charge in [-0.05, 0) is 30.8 Å². The Morgan fingerprint density at radius 3 is 2.70 bits per heavy atom. The van der Waals surface area contributed by atoms with Crippen LogP contribution in [-0.4, -0.2) is 28.5 Å². The van der Waals surface area contributed by atoms with Gasteiger partial charge in [-0.1, -0.05) is 24.6 Å². The number of aromatic nitrogens is 2. The second-order valence-electron chi connectivity index (χ2n) is 4.50. The fourth-order valence-electron chi connectivity index (χ4n) is 1.95. The van der Waals surface area contributed by atoms with Gasteiger partial charge in [-0.15, -0.1) is 0 Å². The number of nitrogens with zero attached hydrogens (tertiary/aromatic N) is 3. The van der Waals surface area contributed by atoms with E-state index in [1.807, 2.05) is 43.6 Å². The third-order valence-corrected chi connectivity index (χ3v) is 3.45. The van der Waals surface area contributed by atoms with Crippen molar-refractivity contribution >= 4 is 17.4 Å². The molecule has 0 spiro atoms. The molecule has 106 valence electrons. The Labute approximate surface area is 124 Å². The zero-order valence-electron chi connectivity index (χ0n) is 11.8. The Morgan fingerprint density at radius 2 is 2.05 bits per heavy atom. The van der Waals surface area contributed by atoms with Crippen LogP contribution < -0.4 is 5.32 Å². The van der Waals surface area contributed by atoms with E-state index >= 15 is 0 Å². The summed E-state index contributed by atoms with van der Waals surface area (Å²) in [5, 5.41) is 3.73. The van der Waals surface area contributed by atoms with E-state index in [-0.39, 0.29) is 0 Å². The SMILES string of the molecule is CCN(Cc1ccccn1)Cc1nc(NC)ccc1Cl. The second kappa shape index (κ2) is 7.22.